The van der Waals surface area contributed by atoms with Gasteiger partial charge in [-0.25, -0.2) is 0 Å². The number of rotatable bonds is 0. The van der Waals surface area contributed by atoms with Crippen molar-refractivity contribution in [1.29, 1.82) is 0 Å². The van der Waals surface area contributed by atoms with Crippen LogP contribution < -0.4 is 0 Å². The first-order valence-electron chi connectivity index (χ1n) is 0. The van der Waals surface area contributed by atoms with Crippen molar-refractivity contribution in [3.63, 3.8) is 0 Å². The summed E-state index contributed by atoms with van der Waals surface area (Å²) in [5.74, 6) is 0. The minimum atomic E-state index is 0. The molecule has 0 aliphatic heterocycles. The van der Waals surface area contributed by atoms with Crippen LogP contribution in [0.1, 0.15) is 0 Å². The molecule has 0 fully saturated rings. The van der Waals surface area contributed by atoms with Crippen LogP contribution in [0.25, 0.3) is 0 Å². The monoisotopic (exact) mass is 339 g/mol. The summed E-state index contributed by atoms with van der Waals surface area (Å²) in [7, 11) is 0. The third-order valence-corrected chi connectivity index (χ3v) is 0. The van der Waals surface area contributed by atoms with E-state index in [0.29, 0.717) is 0 Å². The van der Waals surface area contributed by atoms with E-state index in [1.54, 1.807) is 0 Å². The predicted octanol–water partition coefficient (Wildman–Crippen LogP) is -1.21. The zero-order valence-electron chi connectivity index (χ0n) is 2.28. The van der Waals surface area contributed by atoms with Gasteiger partial charge >= 0.3 is 0 Å². The molecule has 0 aliphatic carbocycles. The van der Waals surface area contributed by atoms with E-state index in [0.717, 1.165) is 0 Å². The number of hydrogen-bond acceptors (Lipinski definition) is 0. The molecule has 0 heterocycles. The standard InChI is InChI=1S/Ca.La.Nd.H2O/h;;;1H2. The second-order valence-electron chi connectivity index (χ2n) is 0. The minimum Gasteiger partial charge on any atom is -0.412 e. The van der Waals surface area contributed by atoms with Crippen molar-refractivity contribution in [3.05, 3.63) is 0 Å². The SMILES string of the molecule is O.[Ca].[La].[Nd]. The van der Waals surface area contributed by atoms with Crippen LogP contribution in [0, 0.1) is 76.4 Å². The van der Waals surface area contributed by atoms with Crippen LogP contribution in [0.4, 0.5) is 0 Å². The molecular weight excluding hydrogens is 339 g/mol. The molecule has 4 heteroatoms. The molecule has 0 amide bonds. The van der Waals surface area contributed by atoms with Gasteiger partial charge in [0, 0.05) is 114 Å². The Labute approximate surface area is 116 Å². The van der Waals surface area contributed by atoms with E-state index >= 15 is 0 Å². The van der Waals surface area contributed by atoms with E-state index in [9.17, 15) is 0 Å². The fourth-order valence-corrected chi connectivity index (χ4v) is 0. The summed E-state index contributed by atoms with van der Waals surface area (Å²) in [6, 6.07) is 0. The quantitative estimate of drug-likeness (QED) is 0.496. The summed E-state index contributed by atoms with van der Waals surface area (Å²) >= 11 is 0. The van der Waals surface area contributed by atoms with Crippen molar-refractivity contribution in [2.24, 2.45) is 0 Å². The van der Waals surface area contributed by atoms with Crippen LogP contribution in [0.3, 0.4) is 0 Å². The van der Waals surface area contributed by atoms with Gasteiger partial charge in [-0.3, -0.25) is 0 Å². The summed E-state index contributed by atoms with van der Waals surface area (Å²) < 4.78 is 0. The topological polar surface area (TPSA) is 31.5 Å². The van der Waals surface area contributed by atoms with Gasteiger partial charge in [-0.1, -0.05) is 0 Å². The molecule has 0 bridgehead atoms. The molecule has 0 aromatic rings. The normalized spacial score (nSPS) is 0. The second-order valence-corrected chi connectivity index (χ2v) is 0. The van der Waals surface area contributed by atoms with Gasteiger partial charge < -0.3 is 5.48 Å². The van der Waals surface area contributed by atoms with E-state index in [2.05, 4.69) is 0 Å². The second kappa shape index (κ2) is 15.9. The van der Waals surface area contributed by atoms with E-state index < -0.39 is 0 Å². The Hall–Kier alpha value is 3.77. The van der Waals surface area contributed by atoms with Gasteiger partial charge in [0.25, 0.3) is 0 Å². The van der Waals surface area contributed by atoms with Crippen molar-refractivity contribution in [2.45, 2.75) is 0 Å². The van der Waals surface area contributed by atoms with Crippen molar-refractivity contribution in [1.82, 2.24) is 0 Å². The van der Waals surface area contributed by atoms with E-state index in [-0.39, 0.29) is 120 Å². The Balaban J connectivity index is 0. The zero-order chi connectivity index (χ0) is 0. The molecule has 4 heavy (non-hydrogen) atoms. The van der Waals surface area contributed by atoms with Crippen LogP contribution in [0.2, 0.25) is 0 Å². The van der Waals surface area contributed by atoms with Crippen LogP contribution in [0.15, 0.2) is 0 Å². The summed E-state index contributed by atoms with van der Waals surface area (Å²) in [5.41, 5.74) is 0. The largest absolute Gasteiger partial charge is 0.412 e. The Bertz CT molecular complexity index is 8.00. The Morgan fingerprint density at radius 3 is 1.00 bits per heavy atom. The van der Waals surface area contributed by atoms with E-state index in [1.807, 2.05) is 0 Å². The molecule has 0 aromatic carbocycles. The number of hydrogen-bond donors (Lipinski definition) is 0. The molecule has 3 radical (unpaired) electrons. The Morgan fingerprint density at radius 2 is 1.00 bits per heavy atom. The van der Waals surface area contributed by atoms with Gasteiger partial charge in [-0.05, 0) is 0 Å². The van der Waals surface area contributed by atoms with Crippen LogP contribution in [-0.4, -0.2) is 43.2 Å². The fraction of sp³-hybridized carbons (Fsp3) is 0. The van der Waals surface area contributed by atoms with Crippen molar-refractivity contribution in [2.75, 3.05) is 0 Å². The first kappa shape index (κ1) is 25.1. The molecule has 0 rings (SSSR count). The van der Waals surface area contributed by atoms with Gasteiger partial charge in [-0.2, -0.15) is 0 Å². The summed E-state index contributed by atoms with van der Waals surface area (Å²) in [6.07, 6.45) is 0. The summed E-state index contributed by atoms with van der Waals surface area (Å²) in [6.45, 7) is 0. The smallest absolute Gasteiger partial charge is 0 e. The maximum Gasteiger partial charge on any atom is 0 e. The minimum absolute atomic E-state index is 0. The van der Waals surface area contributed by atoms with Crippen molar-refractivity contribution < 1.29 is 81.9 Å². The molecule has 1 nitrogen and oxygen atoms in total. The Morgan fingerprint density at radius 1 is 1.00 bits per heavy atom. The molecular formula is H2CaLaNdO. The zero-order valence-corrected chi connectivity index (χ0v) is 11.3. The summed E-state index contributed by atoms with van der Waals surface area (Å²) in [4.78, 5) is 0. The van der Waals surface area contributed by atoms with Gasteiger partial charge in [0.15, 0.2) is 0 Å². The molecule has 0 saturated carbocycles. The molecule has 0 aliphatic rings. The van der Waals surface area contributed by atoms with Gasteiger partial charge in [0.05, 0.1) is 0 Å². The summed E-state index contributed by atoms with van der Waals surface area (Å²) in [5, 5.41) is 0. The molecule has 2 N–H and O–H groups in total. The van der Waals surface area contributed by atoms with Crippen LogP contribution in [-0.2, 0) is 0 Å². The van der Waals surface area contributed by atoms with Gasteiger partial charge in [0.2, 0.25) is 0 Å². The first-order chi connectivity index (χ1) is 0. The van der Waals surface area contributed by atoms with Gasteiger partial charge in [-0.15, -0.1) is 0 Å². The Kier molecular flexibility index (Phi) is 99.4. The average Bonchev–Trinajstić information content (AvgIpc) is 0. The molecule has 0 spiro atoms. The van der Waals surface area contributed by atoms with E-state index in [1.165, 1.54) is 0 Å². The van der Waals surface area contributed by atoms with Crippen molar-refractivity contribution in [3.8, 4) is 0 Å². The maximum absolute atomic E-state index is 0. The van der Waals surface area contributed by atoms with Crippen LogP contribution >= 0.6 is 0 Å². The fourth-order valence-electron chi connectivity index (χ4n) is 0. The molecule has 17 valence electrons. The molecule has 0 aromatic heterocycles. The van der Waals surface area contributed by atoms with Crippen molar-refractivity contribution >= 4 is 37.7 Å². The molecule has 0 atom stereocenters. The predicted molar refractivity (Wildman–Crippen MR) is 9.37 cm³/mol. The third-order valence-electron chi connectivity index (χ3n) is 0. The maximum atomic E-state index is 0. The van der Waals surface area contributed by atoms with E-state index in [4.69, 9.17) is 0 Å². The van der Waals surface area contributed by atoms with Gasteiger partial charge in [0.1, 0.15) is 0 Å². The molecule has 0 saturated heterocycles. The third kappa shape index (κ3) is 9.23. The molecule has 0 unspecified atom stereocenters. The average molecular weight is 341 g/mol. The first-order valence-corrected chi connectivity index (χ1v) is 0. The van der Waals surface area contributed by atoms with Crippen LogP contribution in [0.5, 0.6) is 0 Å².